The van der Waals surface area contributed by atoms with Crippen LogP contribution in [0.25, 0.3) is 0 Å². The lowest BCUT2D eigenvalue weighted by atomic mass is 9.92. The first-order valence-corrected chi connectivity index (χ1v) is 9.80. The molecule has 2 atom stereocenters. The second-order valence-corrected chi connectivity index (χ2v) is 7.47. The predicted molar refractivity (Wildman–Crippen MR) is 109 cm³/mol. The second kappa shape index (κ2) is 8.71. The standard InChI is InChI=1S/C22H29N3O3/c1-4-28-18-9-10-25(13-19-14(2)11-15(3)21(23)24-19)20(12-18)16-5-7-17(8-6-16)22(26)27/h5-8,11,18,20H,4,9-10,12-13H2,1-3H3,(H2,23,24)(H,26,27)/t18-,20-/m0/s1. The molecule has 1 saturated heterocycles. The molecule has 2 aromatic rings. The van der Waals surface area contributed by atoms with Crippen molar-refractivity contribution in [2.75, 3.05) is 18.9 Å². The number of carboxylic acid groups (broad SMARTS) is 1. The Labute approximate surface area is 166 Å². The van der Waals surface area contributed by atoms with E-state index in [1.54, 1.807) is 12.1 Å². The number of hydrogen-bond donors (Lipinski definition) is 2. The van der Waals surface area contributed by atoms with Crippen LogP contribution in [0.2, 0.25) is 0 Å². The minimum Gasteiger partial charge on any atom is -0.478 e. The lowest BCUT2D eigenvalue weighted by Crippen LogP contribution is -2.39. The minimum absolute atomic E-state index is 0.150. The van der Waals surface area contributed by atoms with Crippen molar-refractivity contribution in [2.24, 2.45) is 0 Å². The van der Waals surface area contributed by atoms with Crippen molar-refractivity contribution in [3.63, 3.8) is 0 Å². The molecule has 1 aliphatic heterocycles. The summed E-state index contributed by atoms with van der Waals surface area (Å²) in [5, 5.41) is 9.17. The lowest BCUT2D eigenvalue weighted by Gasteiger charge is -2.39. The number of pyridine rings is 1. The third kappa shape index (κ3) is 4.51. The number of aromatic carboxylic acids is 1. The molecular formula is C22H29N3O3. The smallest absolute Gasteiger partial charge is 0.335 e. The van der Waals surface area contributed by atoms with Gasteiger partial charge in [-0.15, -0.1) is 0 Å². The number of nitrogens with two attached hydrogens (primary N) is 1. The van der Waals surface area contributed by atoms with Crippen LogP contribution in [0, 0.1) is 13.8 Å². The van der Waals surface area contributed by atoms with E-state index in [0.717, 1.165) is 41.8 Å². The van der Waals surface area contributed by atoms with Crippen molar-refractivity contribution in [2.45, 2.75) is 52.3 Å². The van der Waals surface area contributed by atoms with Gasteiger partial charge in [0.05, 0.1) is 17.4 Å². The Kier molecular flexibility index (Phi) is 6.31. The zero-order valence-electron chi connectivity index (χ0n) is 16.8. The van der Waals surface area contributed by atoms with Gasteiger partial charge in [-0.3, -0.25) is 4.90 Å². The number of rotatable bonds is 6. The summed E-state index contributed by atoms with van der Waals surface area (Å²) in [4.78, 5) is 18.2. The van der Waals surface area contributed by atoms with Crippen LogP contribution in [0.15, 0.2) is 30.3 Å². The maximum Gasteiger partial charge on any atom is 0.335 e. The molecule has 0 bridgehead atoms. The Morgan fingerprint density at radius 3 is 2.64 bits per heavy atom. The van der Waals surface area contributed by atoms with Crippen molar-refractivity contribution >= 4 is 11.8 Å². The van der Waals surface area contributed by atoms with Gasteiger partial charge in [-0.25, -0.2) is 9.78 Å². The number of carbonyl (C=O) groups is 1. The van der Waals surface area contributed by atoms with E-state index in [2.05, 4.69) is 22.9 Å². The number of likely N-dealkylation sites (tertiary alicyclic amines) is 1. The highest BCUT2D eigenvalue weighted by molar-refractivity contribution is 5.87. The first-order valence-electron chi connectivity index (χ1n) is 9.80. The molecule has 1 aliphatic rings. The molecule has 0 spiro atoms. The lowest BCUT2D eigenvalue weighted by molar-refractivity contribution is -0.0141. The van der Waals surface area contributed by atoms with Gasteiger partial charge < -0.3 is 15.6 Å². The fourth-order valence-corrected chi connectivity index (χ4v) is 3.91. The first-order chi connectivity index (χ1) is 13.4. The highest BCUT2D eigenvalue weighted by Crippen LogP contribution is 2.34. The molecule has 0 radical (unpaired) electrons. The summed E-state index contributed by atoms with van der Waals surface area (Å²) in [6, 6.07) is 9.41. The van der Waals surface area contributed by atoms with Crippen LogP contribution < -0.4 is 5.73 Å². The molecule has 6 heteroatoms. The van der Waals surface area contributed by atoms with Crippen LogP contribution in [-0.2, 0) is 11.3 Å². The van der Waals surface area contributed by atoms with E-state index < -0.39 is 5.97 Å². The van der Waals surface area contributed by atoms with Crippen LogP contribution in [0.3, 0.4) is 0 Å². The zero-order valence-corrected chi connectivity index (χ0v) is 16.8. The second-order valence-electron chi connectivity index (χ2n) is 7.47. The Bertz CT molecular complexity index is 836. The summed E-state index contributed by atoms with van der Waals surface area (Å²) >= 11 is 0. The van der Waals surface area contributed by atoms with Gasteiger partial charge in [0, 0.05) is 25.7 Å². The fourth-order valence-electron chi connectivity index (χ4n) is 3.91. The van der Waals surface area contributed by atoms with E-state index in [4.69, 9.17) is 10.5 Å². The Balaban J connectivity index is 1.87. The molecule has 28 heavy (non-hydrogen) atoms. The number of nitrogens with zero attached hydrogens (tertiary/aromatic N) is 2. The van der Waals surface area contributed by atoms with Crippen LogP contribution in [-0.4, -0.2) is 40.2 Å². The van der Waals surface area contributed by atoms with E-state index in [9.17, 15) is 9.90 Å². The topological polar surface area (TPSA) is 88.7 Å². The van der Waals surface area contributed by atoms with Gasteiger partial charge in [0.1, 0.15) is 5.82 Å². The molecule has 3 rings (SSSR count). The van der Waals surface area contributed by atoms with Crippen LogP contribution in [0.5, 0.6) is 0 Å². The summed E-state index contributed by atoms with van der Waals surface area (Å²) < 4.78 is 5.90. The van der Waals surface area contributed by atoms with Crippen LogP contribution >= 0.6 is 0 Å². The Hall–Kier alpha value is -2.44. The van der Waals surface area contributed by atoms with E-state index in [-0.39, 0.29) is 12.1 Å². The van der Waals surface area contributed by atoms with Gasteiger partial charge in [-0.1, -0.05) is 18.2 Å². The van der Waals surface area contributed by atoms with Gasteiger partial charge in [0.2, 0.25) is 0 Å². The number of carboxylic acids is 1. The normalized spacial score (nSPS) is 20.2. The summed E-state index contributed by atoms with van der Waals surface area (Å²) in [6.45, 7) is 8.36. The van der Waals surface area contributed by atoms with Gasteiger partial charge in [-0.2, -0.15) is 0 Å². The van der Waals surface area contributed by atoms with Gasteiger partial charge >= 0.3 is 5.97 Å². The maximum atomic E-state index is 11.2. The van der Waals surface area contributed by atoms with Crippen molar-refractivity contribution in [1.29, 1.82) is 0 Å². The third-order valence-corrected chi connectivity index (χ3v) is 5.51. The largest absolute Gasteiger partial charge is 0.478 e. The van der Waals surface area contributed by atoms with Gasteiger partial charge in [0.15, 0.2) is 0 Å². The predicted octanol–water partition coefficient (Wildman–Crippen LogP) is 3.72. The number of piperidine rings is 1. The van der Waals surface area contributed by atoms with Gasteiger partial charge in [-0.05, 0) is 62.4 Å². The van der Waals surface area contributed by atoms with E-state index in [1.807, 2.05) is 26.0 Å². The first kappa shape index (κ1) is 20.3. The molecule has 0 saturated carbocycles. The summed E-state index contributed by atoms with van der Waals surface area (Å²) in [5.41, 5.74) is 10.6. The number of aromatic nitrogens is 1. The number of nitrogen functional groups attached to an aromatic ring is 1. The summed E-state index contributed by atoms with van der Waals surface area (Å²) in [7, 11) is 0. The number of anilines is 1. The van der Waals surface area contributed by atoms with Crippen molar-refractivity contribution < 1.29 is 14.6 Å². The highest BCUT2D eigenvalue weighted by atomic mass is 16.5. The third-order valence-electron chi connectivity index (χ3n) is 5.51. The fraction of sp³-hybridized carbons (Fsp3) is 0.455. The molecule has 6 nitrogen and oxygen atoms in total. The molecule has 0 unspecified atom stereocenters. The molecule has 2 heterocycles. The van der Waals surface area contributed by atoms with Gasteiger partial charge in [0.25, 0.3) is 0 Å². The highest BCUT2D eigenvalue weighted by Gasteiger charge is 2.30. The van der Waals surface area contributed by atoms with E-state index in [1.165, 1.54) is 0 Å². The number of hydrogen-bond acceptors (Lipinski definition) is 5. The van der Waals surface area contributed by atoms with E-state index >= 15 is 0 Å². The van der Waals surface area contributed by atoms with E-state index in [0.29, 0.717) is 24.5 Å². The Morgan fingerprint density at radius 2 is 2.00 bits per heavy atom. The monoisotopic (exact) mass is 383 g/mol. The molecular weight excluding hydrogens is 354 g/mol. The summed E-state index contributed by atoms with van der Waals surface area (Å²) in [5.74, 6) is -0.332. The van der Waals surface area contributed by atoms with Crippen LogP contribution in [0.1, 0.15) is 58.5 Å². The molecule has 0 aliphatic carbocycles. The SMILES string of the molecule is CCO[C@H]1CCN(Cc2nc(N)c(C)cc2C)[C@H](c2ccc(C(=O)O)cc2)C1. The average molecular weight is 383 g/mol. The van der Waals surface area contributed by atoms with Crippen molar-refractivity contribution in [1.82, 2.24) is 9.88 Å². The van der Waals surface area contributed by atoms with Crippen LogP contribution in [0.4, 0.5) is 5.82 Å². The molecule has 1 fully saturated rings. The number of aryl methyl sites for hydroxylation is 2. The zero-order chi connectivity index (χ0) is 20.3. The molecule has 1 aromatic carbocycles. The molecule has 150 valence electrons. The molecule has 0 amide bonds. The molecule has 3 N–H and O–H groups in total. The Morgan fingerprint density at radius 1 is 1.29 bits per heavy atom. The minimum atomic E-state index is -0.908. The molecule has 1 aromatic heterocycles. The number of benzene rings is 1. The summed E-state index contributed by atoms with van der Waals surface area (Å²) in [6.07, 6.45) is 2.06. The average Bonchev–Trinajstić information content (AvgIpc) is 2.67. The number of ether oxygens (including phenoxy) is 1. The maximum absolute atomic E-state index is 11.2. The van der Waals surface area contributed by atoms with Crippen molar-refractivity contribution in [3.05, 3.63) is 58.3 Å². The quantitative estimate of drug-likeness (QED) is 0.790. The van der Waals surface area contributed by atoms with Crippen molar-refractivity contribution in [3.8, 4) is 0 Å².